The molecule has 0 aliphatic heterocycles. The van der Waals surface area contributed by atoms with Crippen molar-refractivity contribution in [2.75, 3.05) is 45.6 Å². The van der Waals surface area contributed by atoms with Gasteiger partial charge in [-0.1, -0.05) is 12.5 Å². The molecule has 0 spiro atoms. The minimum atomic E-state index is -0.380. The molecular weight excluding hydrogens is 683 g/mol. The van der Waals surface area contributed by atoms with E-state index in [1.807, 2.05) is 41.9 Å². The van der Waals surface area contributed by atoms with Crippen LogP contribution in [-0.2, 0) is 16.0 Å². The molecule has 0 radical (unpaired) electrons. The molecule has 1 aliphatic rings. The number of ether oxygens (including phenoxy) is 4. The number of anilines is 2. The maximum absolute atomic E-state index is 13.6. The first-order chi connectivity index (χ1) is 25.2. The van der Waals surface area contributed by atoms with Gasteiger partial charge in [0.25, 0.3) is 0 Å². The summed E-state index contributed by atoms with van der Waals surface area (Å²) in [6, 6.07) is 12.7. The van der Waals surface area contributed by atoms with Gasteiger partial charge in [-0.2, -0.15) is 0 Å². The van der Waals surface area contributed by atoms with E-state index in [-0.39, 0.29) is 23.3 Å². The van der Waals surface area contributed by atoms with Crippen LogP contribution < -0.4 is 40.3 Å². The van der Waals surface area contributed by atoms with E-state index in [0.29, 0.717) is 65.9 Å². The molecule has 3 aromatic carbocycles. The largest absolute Gasteiger partial charge is 0.497 e. The van der Waals surface area contributed by atoms with Gasteiger partial charge in [0.2, 0.25) is 23.0 Å². The van der Waals surface area contributed by atoms with Gasteiger partial charge in [-0.25, -0.2) is 4.98 Å². The molecule has 1 aliphatic carbocycles. The fraction of sp³-hybridized carbons (Fsp3) is 0.333. The molecule has 272 valence electrons. The number of aryl methyl sites for hydroxylation is 1. The highest BCUT2D eigenvalue weighted by molar-refractivity contribution is 7.14. The number of hydrogen-bond acceptors (Lipinski definition) is 10. The van der Waals surface area contributed by atoms with Crippen LogP contribution in [0.15, 0.2) is 58.8 Å². The van der Waals surface area contributed by atoms with Crippen LogP contribution in [0.4, 0.5) is 10.8 Å². The van der Waals surface area contributed by atoms with E-state index >= 15 is 0 Å². The smallest absolute Gasteiger partial charge is 0.226 e. The number of nitrogens with one attached hydrogen (secondary N) is 4. The Hall–Kier alpha value is -5.56. The molecule has 12 nitrogen and oxygen atoms in total. The molecule has 13 heteroatoms. The Balaban J connectivity index is 1.08. The van der Waals surface area contributed by atoms with Crippen molar-refractivity contribution in [3.05, 3.63) is 75.4 Å². The minimum Gasteiger partial charge on any atom is -0.497 e. The standard InChI is InChI=1S/C39H43N5O7S/c1-22(45)42-30-13-10-23-17-34(49-3)37(50-4)38(51-5)36(23)25-12-15-31(33(46)19-27(25)30)40-16-8-6-7-9-35(47)44-39-43-32(21-52-39)28-20-41-29-14-11-24(48-2)18-26(28)29/h11-12,14-15,17-21,30,41H,6-10,13,16H2,1-5H3,(H,40,46)(H,42,45)(H,43,44,47)/t30-/m1/s1. The summed E-state index contributed by atoms with van der Waals surface area (Å²) in [4.78, 5) is 46.4. The van der Waals surface area contributed by atoms with Gasteiger partial charge < -0.3 is 39.9 Å². The number of H-pyrrole nitrogens is 1. The molecule has 0 unspecified atom stereocenters. The van der Waals surface area contributed by atoms with Crippen molar-refractivity contribution in [1.82, 2.24) is 15.3 Å². The number of carbonyl (C=O) groups is 2. The Bertz CT molecular complexity index is 2160. The Morgan fingerprint density at radius 2 is 1.77 bits per heavy atom. The van der Waals surface area contributed by atoms with Crippen LogP contribution in [0.25, 0.3) is 33.3 Å². The lowest BCUT2D eigenvalue weighted by Gasteiger charge is -2.19. The monoisotopic (exact) mass is 725 g/mol. The summed E-state index contributed by atoms with van der Waals surface area (Å²) in [6.07, 6.45) is 5.72. The van der Waals surface area contributed by atoms with Crippen LogP contribution in [-0.4, -0.2) is 56.8 Å². The van der Waals surface area contributed by atoms with E-state index < -0.39 is 0 Å². The molecule has 6 rings (SSSR count). The van der Waals surface area contributed by atoms with Gasteiger partial charge in [-0.3, -0.25) is 14.4 Å². The number of fused-ring (bicyclic) bond motifs is 4. The molecule has 2 aromatic heterocycles. The van der Waals surface area contributed by atoms with Gasteiger partial charge in [-0.05, 0) is 78.8 Å². The lowest BCUT2D eigenvalue weighted by molar-refractivity contribution is -0.119. The topological polar surface area (TPSA) is 153 Å². The van der Waals surface area contributed by atoms with E-state index in [4.69, 9.17) is 18.9 Å². The average Bonchev–Trinajstić information content (AvgIpc) is 3.71. The van der Waals surface area contributed by atoms with Crippen LogP contribution in [0, 0.1) is 0 Å². The molecule has 0 bridgehead atoms. The Kier molecular flexibility index (Phi) is 11.3. The zero-order valence-electron chi connectivity index (χ0n) is 29.9. The fourth-order valence-corrected chi connectivity index (χ4v) is 7.47. The normalized spacial score (nSPS) is 13.4. The van der Waals surface area contributed by atoms with Gasteiger partial charge in [0, 0.05) is 53.5 Å². The maximum Gasteiger partial charge on any atom is 0.226 e. The minimum absolute atomic E-state index is 0.0911. The first-order valence-corrected chi connectivity index (χ1v) is 18.0. The Morgan fingerprint density at radius 3 is 2.52 bits per heavy atom. The van der Waals surface area contributed by atoms with Crippen molar-refractivity contribution in [2.45, 2.75) is 51.5 Å². The highest BCUT2D eigenvalue weighted by Crippen LogP contribution is 2.50. The van der Waals surface area contributed by atoms with Crippen molar-refractivity contribution in [1.29, 1.82) is 0 Å². The predicted octanol–water partition coefficient (Wildman–Crippen LogP) is 7.09. The quantitative estimate of drug-likeness (QED) is 0.0880. The van der Waals surface area contributed by atoms with Crippen LogP contribution in [0.1, 0.15) is 56.2 Å². The van der Waals surface area contributed by atoms with Crippen molar-refractivity contribution < 1.29 is 28.5 Å². The van der Waals surface area contributed by atoms with E-state index in [1.54, 1.807) is 40.6 Å². The van der Waals surface area contributed by atoms with Crippen molar-refractivity contribution >= 4 is 44.9 Å². The molecule has 4 N–H and O–H groups in total. The summed E-state index contributed by atoms with van der Waals surface area (Å²) in [5, 5.41) is 12.7. The number of thiazole rings is 1. The first kappa shape index (κ1) is 36.2. The Morgan fingerprint density at radius 1 is 0.942 bits per heavy atom. The van der Waals surface area contributed by atoms with Crippen molar-refractivity contribution in [3.8, 4) is 45.4 Å². The van der Waals surface area contributed by atoms with Crippen LogP contribution in [0.5, 0.6) is 23.0 Å². The van der Waals surface area contributed by atoms with Gasteiger partial charge in [0.15, 0.2) is 16.6 Å². The number of carbonyl (C=O) groups excluding carboxylic acids is 2. The second-order valence-corrected chi connectivity index (χ2v) is 13.4. The third kappa shape index (κ3) is 7.69. The lowest BCUT2D eigenvalue weighted by atomic mass is 9.95. The van der Waals surface area contributed by atoms with Crippen molar-refractivity contribution in [2.24, 2.45) is 0 Å². The van der Waals surface area contributed by atoms with Gasteiger partial charge >= 0.3 is 0 Å². The number of aromatic nitrogens is 2. The second-order valence-electron chi connectivity index (χ2n) is 12.5. The second kappa shape index (κ2) is 16.2. The molecular formula is C39H43N5O7S. The average molecular weight is 726 g/mol. The van der Waals surface area contributed by atoms with Gasteiger partial charge in [-0.15, -0.1) is 11.3 Å². The van der Waals surface area contributed by atoms with Crippen LogP contribution in [0.2, 0.25) is 0 Å². The summed E-state index contributed by atoms with van der Waals surface area (Å²) in [7, 11) is 6.35. The third-order valence-electron chi connectivity index (χ3n) is 9.23. The lowest BCUT2D eigenvalue weighted by Crippen LogP contribution is -2.26. The zero-order chi connectivity index (χ0) is 36.8. The maximum atomic E-state index is 13.6. The number of aromatic amines is 1. The molecule has 5 aromatic rings. The number of unbranched alkanes of at least 4 members (excludes halogenated alkanes) is 2. The Labute approximate surface area is 305 Å². The molecule has 2 amide bonds. The summed E-state index contributed by atoms with van der Waals surface area (Å²) >= 11 is 1.39. The van der Waals surface area contributed by atoms with Gasteiger partial charge in [0.05, 0.1) is 45.9 Å². The molecule has 1 atom stereocenters. The molecule has 0 saturated heterocycles. The summed E-state index contributed by atoms with van der Waals surface area (Å²) in [6.45, 7) is 2.03. The van der Waals surface area contributed by atoms with Gasteiger partial charge in [0.1, 0.15) is 5.75 Å². The van der Waals surface area contributed by atoms with E-state index in [0.717, 1.165) is 57.4 Å². The zero-order valence-corrected chi connectivity index (χ0v) is 30.8. The van der Waals surface area contributed by atoms with E-state index in [2.05, 4.69) is 25.9 Å². The highest BCUT2D eigenvalue weighted by Gasteiger charge is 2.29. The van der Waals surface area contributed by atoms with Crippen LogP contribution in [0.3, 0.4) is 0 Å². The highest BCUT2D eigenvalue weighted by atomic mass is 32.1. The number of nitrogens with zero attached hydrogens (tertiary/aromatic N) is 1. The van der Waals surface area contributed by atoms with E-state index in [1.165, 1.54) is 18.3 Å². The van der Waals surface area contributed by atoms with Crippen LogP contribution >= 0.6 is 11.3 Å². The number of rotatable bonds is 14. The molecule has 52 heavy (non-hydrogen) atoms. The fourth-order valence-electron chi connectivity index (χ4n) is 6.74. The summed E-state index contributed by atoms with van der Waals surface area (Å²) in [5.41, 5.74) is 6.21. The molecule has 0 saturated carbocycles. The SMILES string of the molecule is COc1ccc2[nH]cc(-c3csc(NC(=O)CCCCCNc4ccc5c(cc4=O)[C@H](NC(C)=O)CCc4cc(OC)c(OC)c(OC)c4-5)n3)c2c1. The molecule has 0 fully saturated rings. The third-order valence-corrected chi connectivity index (χ3v) is 9.99. The summed E-state index contributed by atoms with van der Waals surface area (Å²) < 4.78 is 22.5. The van der Waals surface area contributed by atoms with E-state index in [9.17, 15) is 14.4 Å². The summed E-state index contributed by atoms with van der Waals surface area (Å²) in [5.74, 6) is 1.99. The first-order valence-electron chi connectivity index (χ1n) is 17.2. The number of benzene rings is 2. The number of hydrogen-bond donors (Lipinski definition) is 4. The predicted molar refractivity (Wildman–Crippen MR) is 204 cm³/mol. The van der Waals surface area contributed by atoms with Crippen molar-refractivity contribution in [3.63, 3.8) is 0 Å². The molecule has 2 heterocycles. The number of methoxy groups -OCH3 is 4. The number of amides is 2.